The number of aryl methyl sites for hydroxylation is 1. The number of nitrogens with one attached hydrogen (secondary N) is 2. The Kier molecular flexibility index (Phi) is 5.86. The van der Waals surface area contributed by atoms with Gasteiger partial charge in [-0.15, -0.1) is 11.3 Å². The van der Waals surface area contributed by atoms with E-state index in [1.54, 1.807) is 17.4 Å². The molecule has 2 amide bonds. The number of hydrogen-bond donors (Lipinski definition) is 2. The summed E-state index contributed by atoms with van der Waals surface area (Å²) >= 11 is 1.61. The number of aromatic nitrogens is 2. The van der Waals surface area contributed by atoms with Crippen molar-refractivity contribution in [2.75, 3.05) is 10.6 Å². The second kappa shape index (κ2) is 8.89. The normalized spacial score (nSPS) is 10.5. The molecule has 0 aliphatic heterocycles. The van der Waals surface area contributed by atoms with Crippen LogP contribution in [0.1, 0.15) is 22.8 Å². The van der Waals surface area contributed by atoms with Crippen LogP contribution in [-0.2, 0) is 4.79 Å². The van der Waals surface area contributed by atoms with Crippen LogP contribution in [0.5, 0.6) is 0 Å². The molecule has 0 fully saturated rings. The average Bonchev–Trinajstić information content (AvgIpc) is 3.24. The molecule has 0 atom stereocenters. The van der Waals surface area contributed by atoms with Crippen molar-refractivity contribution in [2.24, 2.45) is 0 Å². The summed E-state index contributed by atoms with van der Waals surface area (Å²) in [6, 6.07) is 18.9. The number of benzene rings is 2. The van der Waals surface area contributed by atoms with Gasteiger partial charge in [0.15, 0.2) is 0 Å². The number of thiazole rings is 1. The van der Waals surface area contributed by atoms with E-state index < -0.39 is 0 Å². The van der Waals surface area contributed by atoms with E-state index in [1.807, 2.05) is 41.8 Å². The second-order valence-corrected chi connectivity index (χ2v) is 7.85. The molecule has 7 heteroatoms. The average molecular weight is 429 g/mol. The highest BCUT2D eigenvalue weighted by Crippen LogP contribution is 2.31. The minimum atomic E-state index is -0.280. The Morgan fingerprint density at radius 2 is 1.74 bits per heavy atom. The highest BCUT2D eigenvalue weighted by atomic mass is 32.1. The maximum absolute atomic E-state index is 12.5. The van der Waals surface area contributed by atoms with Crippen LogP contribution in [0.15, 0.2) is 72.2 Å². The van der Waals surface area contributed by atoms with Gasteiger partial charge in [0.1, 0.15) is 10.8 Å². The third-order valence-electron chi connectivity index (χ3n) is 4.64. The third kappa shape index (κ3) is 4.84. The molecule has 0 radical (unpaired) electrons. The van der Waals surface area contributed by atoms with Crippen molar-refractivity contribution in [1.29, 1.82) is 0 Å². The van der Waals surface area contributed by atoms with Crippen LogP contribution in [0.2, 0.25) is 0 Å². The third-order valence-corrected chi connectivity index (χ3v) is 5.52. The molecular weight excluding hydrogens is 408 g/mol. The monoisotopic (exact) mass is 428 g/mol. The maximum Gasteiger partial charge on any atom is 0.255 e. The zero-order chi connectivity index (χ0) is 21.8. The van der Waals surface area contributed by atoms with Crippen LogP contribution in [-0.4, -0.2) is 21.8 Å². The number of carbonyl (C=O) groups excluding carboxylic acids is 2. The van der Waals surface area contributed by atoms with E-state index in [2.05, 4.69) is 34.7 Å². The largest absolute Gasteiger partial charge is 0.322 e. The number of pyridine rings is 1. The summed E-state index contributed by atoms with van der Waals surface area (Å²) in [4.78, 5) is 32.5. The molecule has 6 nitrogen and oxygen atoms in total. The number of carbonyl (C=O) groups is 2. The fraction of sp³-hybridized carbons (Fsp3) is 0.0833. The molecular formula is C24H20N4O2S. The lowest BCUT2D eigenvalue weighted by Gasteiger charge is -2.07. The lowest BCUT2D eigenvalue weighted by molar-refractivity contribution is -0.114. The first-order valence-electron chi connectivity index (χ1n) is 9.66. The van der Waals surface area contributed by atoms with Crippen LogP contribution < -0.4 is 10.6 Å². The molecule has 0 aliphatic carbocycles. The van der Waals surface area contributed by atoms with Crippen LogP contribution >= 0.6 is 11.3 Å². The van der Waals surface area contributed by atoms with E-state index in [9.17, 15) is 9.59 Å². The Hall–Kier alpha value is -3.84. The van der Waals surface area contributed by atoms with E-state index >= 15 is 0 Å². The molecule has 2 N–H and O–H groups in total. The van der Waals surface area contributed by atoms with Gasteiger partial charge in [-0.1, -0.05) is 36.4 Å². The van der Waals surface area contributed by atoms with E-state index in [-0.39, 0.29) is 11.8 Å². The van der Waals surface area contributed by atoms with Crippen molar-refractivity contribution in [3.63, 3.8) is 0 Å². The number of nitrogens with zero attached hydrogens (tertiary/aromatic N) is 2. The summed E-state index contributed by atoms with van der Waals surface area (Å²) in [6.45, 7) is 3.47. The van der Waals surface area contributed by atoms with E-state index in [1.165, 1.54) is 24.8 Å². The molecule has 0 aliphatic rings. The second-order valence-electron chi connectivity index (χ2n) is 7.00. The van der Waals surface area contributed by atoms with E-state index in [4.69, 9.17) is 4.98 Å². The zero-order valence-electron chi connectivity index (χ0n) is 17.0. The smallest absolute Gasteiger partial charge is 0.255 e. The van der Waals surface area contributed by atoms with Crippen molar-refractivity contribution in [3.05, 3.63) is 83.4 Å². The highest BCUT2D eigenvalue weighted by Gasteiger charge is 2.11. The summed E-state index contributed by atoms with van der Waals surface area (Å²) < 4.78 is 0. The molecule has 0 saturated carbocycles. The van der Waals surface area contributed by atoms with Gasteiger partial charge in [-0.05, 0) is 36.8 Å². The molecule has 0 bridgehead atoms. The van der Waals surface area contributed by atoms with Gasteiger partial charge in [0.2, 0.25) is 5.91 Å². The summed E-state index contributed by atoms with van der Waals surface area (Å²) in [5, 5.41) is 8.45. The summed E-state index contributed by atoms with van der Waals surface area (Å²) in [5.74, 6) is -0.186. The maximum atomic E-state index is 12.5. The first-order chi connectivity index (χ1) is 15.0. The van der Waals surface area contributed by atoms with Gasteiger partial charge in [0, 0.05) is 40.9 Å². The van der Waals surface area contributed by atoms with Crippen molar-refractivity contribution in [2.45, 2.75) is 13.8 Å². The topological polar surface area (TPSA) is 84.0 Å². The van der Waals surface area contributed by atoms with Crippen LogP contribution in [0, 0.1) is 6.92 Å². The van der Waals surface area contributed by atoms with E-state index in [0.717, 1.165) is 21.8 Å². The Balaban J connectivity index is 1.47. The van der Waals surface area contributed by atoms with Gasteiger partial charge in [-0.25, -0.2) is 9.97 Å². The van der Waals surface area contributed by atoms with Gasteiger partial charge in [-0.2, -0.15) is 0 Å². The van der Waals surface area contributed by atoms with Crippen molar-refractivity contribution < 1.29 is 9.59 Å². The summed E-state index contributed by atoms with van der Waals surface area (Å²) in [5.41, 5.74) is 5.28. The van der Waals surface area contributed by atoms with Crippen molar-refractivity contribution in [1.82, 2.24) is 9.97 Å². The van der Waals surface area contributed by atoms with Gasteiger partial charge in [-0.3, -0.25) is 9.59 Å². The molecule has 31 heavy (non-hydrogen) atoms. The van der Waals surface area contributed by atoms with Crippen molar-refractivity contribution in [3.8, 4) is 21.8 Å². The standard InChI is InChI=1S/C24H20N4O2S/c1-15-5-3-4-6-20(15)24-28-21(14-31-24)17-7-9-19(10-8-17)27-23(30)18-11-12-25-22(13-18)26-16(2)29/h3-14H,1-2H3,(H,27,30)(H,25,26,29). The molecule has 0 unspecified atom stereocenters. The predicted molar refractivity (Wildman–Crippen MR) is 124 cm³/mol. The van der Waals surface area contributed by atoms with Gasteiger partial charge >= 0.3 is 0 Å². The minimum Gasteiger partial charge on any atom is -0.322 e. The lowest BCUT2D eigenvalue weighted by atomic mass is 10.1. The minimum absolute atomic E-state index is 0.242. The van der Waals surface area contributed by atoms with Crippen LogP contribution in [0.25, 0.3) is 21.8 Å². The first-order valence-corrected chi connectivity index (χ1v) is 10.5. The van der Waals surface area contributed by atoms with Gasteiger partial charge < -0.3 is 10.6 Å². The molecule has 4 aromatic rings. The van der Waals surface area contributed by atoms with Crippen LogP contribution in [0.4, 0.5) is 11.5 Å². The molecule has 2 heterocycles. The first kappa shape index (κ1) is 20.4. The SMILES string of the molecule is CC(=O)Nc1cc(C(=O)Nc2ccc(-c3csc(-c4ccccc4C)n3)cc2)ccn1. The molecule has 154 valence electrons. The predicted octanol–water partition coefficient (Wildman–Crippen LogP) is 5.39. The Morgan fingerprint density at radius 3 is 2.48 bits per heavy atom. The highest BCUT2D eigenvalue weighted by molar-refractivity contribution is 7.13. The zero-order valence-corrected chi connectivity index (χ0v) is 17.9. The van der Waals surface area contributed by atoms with Gasteiger partial charge in [0.05, 0.1) is 5.69 Å². The Bertz CT molecular complexity index is 1250. The lowest BCUT2D eigenvalue weighted by Crippen LogP contribution is -2.13. The fourth-order valence-corrected chi connectivity index (χ4v) is 4.01. The van der Waals surface area contributed by atoms with Crippen molar-refractivity contribution >= 4 is 34.7 Å². The number of amides is 2. The van der Waals surface area contributed by atoms with Gasteiger partial charge in [0.25, 0.3) is 5.91 Å². The fourth-order valence-electron chi connectivity index (χ4n) is 3.09. The molecule has 4 rings (SSSR count). The number of hydrogen-bond acceptors (Lipinski definition) is 5. The Labute approximate surface area is 184 Å². The van der Waals surface area contributed by atoms with E-state index in [0.29, 0.717) is 17.1 Å². The summed E-state index contributed by atoms with van der Waals surface area (Å²) in [7, 11) is 0. The molecule has 2 aromatic carbocycles. The number of anilines is 2. The quantitative estimate of drug-likeness (QED) is 0.446. The number of rotatable bonds is 5. The molecule has 0 spiro atoms. The molecule has 0 saturated heterocycles. The molecule has 2 aromatic heterocycles. The Morgan fingerprint density at radius 1 is 0.968 bits per heavy atom. The van der Waals surface area contributed by atoms with Crippen LogP contribution in [0.3, 0.4) is 0 Å². The summed E-state index contributed by atoms with van der Waals surface area (Å²) in [6.07, 6.45) is 1.48.